The van der Waals surface area contributed by atoms with E-state index >= 15 is 0 Å². The third-order valence-corrected chi connectivity index (χ3v) is 5.02. The summed E-state index contributed by atoms with van der Waals surface area (Å²) in [5.41, 5.74) is -0.230. The van der Waals surface area contributed by atoms with E-state index in [2.05, 4.69) is 10.6 Å². The molecule has 2 N–H and O–H groups in total. The van der Waals surface area contributed by atoms with Crippen LogP contribution in [0.2, 0.25) is 0 Å². The van der Waals surface area contributed by atoms with Crippen molar-refractivity contribution in [2.75, 3.05) is 25.9 Å². The maximum Gasteiger partial charge on any atom is 0.251 e. The van der Waals surface area contributed by atoms with Crippen molar-refractivity contribution in [1.82, 2.24) is 14.9 Å². The van der Waals surface area contributed by atoms with Gasteiger partial charge in [0.2, 0.25) is 15.9 Å². The van der Waals surface area contributed by atoms with E-state index in [4.69, 9.17) is 0 Å². The fraction of sp³-hybridized carbons (Fsp3) is 0.467. The van der Waals surface area contributed by atoms with Crippen molar-refractivity contribution in [1.29, 1.82) is 0 Å². The molecule has 0 bridgehead atoms. The van der Waals surface area contributed by atoms with E-state index in [-0.39, 0.29) is 24.7 Å². The molecule has 1 aliphatic heterocycles. The lowest BCUT2D eigenvalue weighted by Gasteiger charge is -2.31. The van der Waals surface area contributed by atoms with Crippen molar-refractivity contribution in [3.63, 3.8) is 0 Å². The second kappa shape index (κ2) is 7.87. The van der Waals surface area contributed by atoms with Crippen molar-refractivity contribution < 1.29 is 26.8 Å². The number of piperidine rings is 1. The van der Waals surface area contributed by atoms with Crippen molar-refractivity contribution >= 4 is 21.8 Å². The van der Waals surface area contributed by atoms with Gasteiger partial charge in [-0.25, -0.2) is 21.5 Å². The molecule has 1 fully saturated rings. The van der Waals surface area contributed by atoms with E-state index in [1.54, 1.807) is 0 Å². The number of carbonyl (C=O) groups is 2. The molecule has 25 heavy (non-hydrogen) atoms. The highest BCUT2D eigenvalue weighted by Gasteiger charge is 2.26. The molecule has 1 heterocycles. The molecule has 1 unspecified atom stereocenters. The maximum atomic E-state index is 13.1. The first kappa shape index (κ1) is 19.3. The number of benzene rings is 1. The van der Waals surface area contributed by atoms with Crippen LogP contribution in [0.4, 0.5) is 8.78 Å². The predicted molar refractivity (Wildman–Crippen MR) is 86.3 cm³/mol. The highest BCUT2D eigenvalue weighted by atomic mass is 32.2. The molecular formula is C15H19F2N3O4S. The molecule has 0 saturated carbocycles. The van der Waals surface area contributed by atoms with Gasteiger partial charge in [-0.1, -0.05) is 0 Å². The lowest BCUT2D eigenvalue weighted by atomic mass is 10.1. The molecule has 0 aromatic heterocycles. The molecule has 0 radical (unpaired) electrons. The van der Waals surface area contributed by atoms with Gasteiger partial charge in [-0.05, 0) is 25.0 Å². The van der Waals surface area contributed by atoms with Gasteiger partial charge in [-0.3, -0.25) is 9.59 Å². The average Bonchev–Trinajstić information content (AvgIpc) is 2.51. The van der Waals surface area contributed by atoms with Crippen LogP contribution in [0.15, 0.2) is 18.2 Å². The molecule has 1 aromatic carbocycles. The summed E-state index contributed by atoms with van der Waals surface area (Å²) in [5.74, 6) is -3.07. The van der Waals surface area contributed by atoms with Crippen molar-refractivity contribution in [2.24, 2.45) is 0 Å². The largest absolute Gasteiger partial charge is 0.351 e. The monoisotopic (exact) mass is 375 g/mol. The highest BCUT2D eigenvalue weighted by molar-refractivity contribution is 7.88. The molecular weight excluding hydrogens is 356 g/mol. The number of hydrogen-bond acceptors (Lipinski definition) is 4. The van der Waals surface area contributed by atoms with Gasteiger partial charge in [0.1, 0.15) is 11.6 Å². The minimum absolute atomic E-state index is 0.174. The Bertz CT molecular complexity index is 750. The van der Waals surface area contributed by atoms with E-state index < -0.39 is 33.5 Å². The lowest BCUT2D eigenvalue weighted by Crippen LogP contribution is -2.51. The number of rotatable bonds is 5. The predicted octanol–water partition coefficient (Wildman–Crippen LogP) is 0.235. The van der Waals surface area contributed by atoms with E-state index in [0.29, 0.717) is 25.5 Å². The zero-order chi connectivity index (χ0) is 18.6. The van der Waals surface area contributed by atoms with Gasteiger partial charge in [0.05, 0.1) is 12.8 Å². The van der Waals surface area contributed by atoms with E-state index in [1.807, 2.05) is 0 Å². The summed E-state index contributed by atoms with van der Waals surface area (Å²) in [7, 11) is -3.32. The van der Waals surface area contributed by atoms with Crippen LogP contribution in [0.3, 0.4) is 0 Å². The molecule has 2 rings (SSSR count). The van der Waals surface area contributed by atoms with Crippen LogP contribution in [-0.4, -0.2) is 56.5 Å². The van der Waals surface area contributed by atoms with Gasteiger partial charge in [-0.15, -0.1) is 0 Å². The normalized spacial score (nSPS) is 18.6. The van der Waals surface area contributed by atoms with Crippen LogP contribution in [0, 0.1) is 11.6 Å². The molecule has 1 aromatic rings. The Morgan fingerprint density at radius 1 is 1.24 bits per heavy atom. The first-order valence-corrected chi connectivity index (χ1v) is 9.49. The van der Waals surface area contributed by atoms with E-state index in [9.17, 15) is 26.8 Å². The summed E-state index contributed by atoms with van der Waals surface area (Å²) in [5, 5.41) is 4.91. The van der Waals surface area contributed by atoms with Gasteiger partial charge < -0.3 is 10.6 Å². The van der Waals surface area contributed by atoms with Gasteiger partial charge in [0.25, 0.3) is 5.91 Å². The Morgan fingerprint density at radius 3 is 2.48 bits per heavy atom. The number of nitrogens with zero attached hydrogens (tertiary/aromatic N) is 1. The Kier molecular flexibility index (Phi) is 6.07. The zero-order valence-electron chi connectivity index (χ0n) is 13.6. The second-order valence-electron chi connectivity index (χ2n) is 5.87. The molecule has 0 spiro atoms. The SMILES string of the molecule is CS(=O)(=O)N1CCCC(NC(=O)CNC(=O)c2cc(F)cc(F)c2)C1. The lowest BCUT2D eigenvalue weighted by molar-refractivity contribution is -0.121. The summed E-state index contributed by atoms with van der Waals surface area (Å²) in [6.07, 6.45) is 2.35. The number of carbonyl (C=O) groups excluding carboxylic acids is 2. The Morgan fingerprint density at radius 2 is 1.88 bits per heavy atom. The minimum atomic E-state index is -3.32. The topological polar surface area (TPSA) is 95.6 Å². The number of amides is 2. The number of sulfonamides is 1. The van der Waals surface area contributed by atoms with Gasteiger partial charge >= 0.3 is 0 Å². The Hall–Kier alpha value is -2.07. The maximum absolute atomic E-state index is 13.1. The number of hydrogen-bond donors (Lipinski definition) is 2. The fourth-order valence-corrected chi connectivity index (χ4v) is 3.50. The average molecular weight is 375 g/mol. The highest BCUT2D eigenvalue weighted by Crippen LogP contribution is 2.13. The molecule has 1 atom stereocenters. The standard InChI is InChI=1S/C15H19F2N3O4S/c1-25(23,24)20-4-2-3-13(9-20)19-14(21)8-18-15(22)10-5-11(16)7-12(17)6-10/h5-7,13H,2-4,8-9H2,1H3,(H,18,22)(H,19,21). The zero-order valence-corrected chi connectivity index (χ0v) is 14.4. The van der Waals surface area contributed by atoms with Crippen molar-refractivity contribution in [2.45, 2.75) is 18.9 Å². The van der Waals surface area contributed by atoms with Gasteiger partial charge in [0.15, 0.2) is 0 Å². The van der Waals surface area contributed by atoms with E-state index in [0.717, 1.165) is 18.4 Å². The first-order valence-electron chi connectivity index (χ1n) is 7.64. The van der Waals surface area contributed by atoms with Crippen molar-refractivity contribution in [3.8, 4) is 0 Å². The van der Waals surface area contributed by atoms with Crippen LogP contribution in [0.25, 0.3) is 0 Å². The summed E-state index contributed by atoms with van der Waals surface area (Å²) in [4.78, 5) is 23.7. The third kappa shape index (κ3) is 5.75. The second-order valence-corrected chi connectivity index (χ2v) is 7.85. The smallest absolute Gasteiger partial charge is 0.251 e. The van der Waals surface area contributed by atoms with Crippen LogP contribution in [0.5, 0.6) is 0 Å². The Labute approximate surface area is 144 Å². The summed E-state index contributed by atoms with van der Waals surface area (Å²) in [6.45, 7) is 0.201. The molecule has 0 aliphatic carbocycles. The fourth-order valence-electron chi connectivity index (χ4n) is 2.59. The number of nitrogens with one attached hydrogen (secondary N) is 2. The van der Waals surface area contributed by atoms with Crippen LogP contribution in [0.1, 0.15) is 23.2 Å². The summed E-state index contributed by atoms with van der Waals surface area (Å²) < 4.78 is 50.5. The van der Waals surface area contributed by atoms with Gasteiger partial charge in [0, 0.05) is 30.8 Å². The molecule has 2 amide bonds. The summed E-state index contributed by atoms with van der Waals surface area (Å²) >= 11 is 0. The number of halogens is 2. The molecule has 7 nitrogen and oxygen atoms in total. The summed E-state index contributed by atoms with van der Waals surface area (Å²) in [6, 6.07) is 2.02. The van der Waals surface area contributed by atoms with Crippen LogP contribution < -0.4 is 10.6 Å². The minimum Gasteiger partial charge on any atom is -0.351 e. The van der Waals surface area contributed by atoms with Gasteiger partial charge in [-0.2, -0.15) is 0 Å². The van der Waals surface area contributed by atoms with Crippen LogP contribution >= 0.6 is 0 Å². The molecule has 1 saturated heterocycles. The molecule has 10 heteroatoms. The quantitative estimate of drug-likeness (QED) is 0.770. The Balaban J connectivity index is 1.85. The molecule has 1 aliphatic rings. The van der Waals surface area contributed by atoms with E-state index in [1.165, 1.54) is 4.31 Å². The third-order valence-electron chi connectivity index (χ3n) is 3.75. The first-order chi connectivity index (χ1) is 11.6. The van der Waals surface area contributed by atoms with Crippen molar-refractivity contribution in [3.05, 3.63) is 35.4 Å². The van der Waals surface area contributed by atoms with Crippen LogP contribution in [-0.2, 0) is 14.8 Å². The molecule has 138 valence electrons.